The van der Waals surface area contributed by atoms with Gasteiger partial charge in [0.05, 0.1) is 6.07 Å². The topological polar surface area (TPSA) is 33.0 Å². The van der Waals surface area contributed by atoms with Gasteiger partial charge in [0.2, 0.25) is 0 Å². The summed E-state index contributed by atoms with van der Waals surface area (Å²) in [6.45, 7) is 3.86. The molecule has 1 aliphatic carbocycles. The number of thioether (sulfide) groups is 1. The van der Waals surface area contributed by atoms with Crippen molar-refractivity contribution in [2.24, 2.45) is 5.41 Å². The highest BCUT2D eigenvalue weighted by Crippen LogP contribution is 2.61. The molecule has 2 nitrogen and oxygen atoms in total. The molecule has 1 saturated carbocycles. The lowest BCUT2D eigenvalue weighted by atomic mass is 9.58. The zero-order valence-electron chi connectivity index (χ0n) is 11.3. The van der Waals surface area contributed by atoms with E-state index >= 15 is 0 Å². The summed E-state index contributed by atoms with van der Waals surface area (Å²) in [5.41, 5.74) is 1.67. The van der Waals surface area contributed by atoms with Crippen LogP contribution in [-0.2, 0) is 4.74 Å². The first kappa shape index (κ1) is 13.0. The second-order valence-electron chi connectivity index (χ2n) is 5.94. The number of aryl methyl sites for hydroxylation is 1. The predicted molar refractivity (Wildman–Crippen MR) is 77.1 cm³/mol. The van der Waals surface area contributed by atoms with Gasteiger partial charge in [0.15, 0.2) is 0 Å². The average Bonchev–Trinajstić information content (AvgIpc) is 2.40. The van der Waals surface area contributed by atoms with Crippen molar-refractivity contribution in [2.45, 2.75) is 42.2 Å². The van der Waals surface area contributed by atoms with Crippen molar-refractivity contribution >= 4 is 11.8 Å². The molecule has 0 atom stereocenters. The minimum absolute atomic E-state index is 0.205. The molecule has 1 aliphatic heterocycles. The summed E-state index contributed by atoms with van der Waals surface area (Å²) in [4.78, 5) is 1.26. The Morgan fingerprint density at radius 3 is 2.53 bits per heavy atom. The average molecular weight is 273 g/mol. The predicted octanol–water partition coefficient (Wildman–Crippen LogP) is 3.94. The lowest BCUT2D eigenvalue weighted by Gasteiger charge is -2.54. The zero-order chi connectivity index (χ0) is 13.3. The molecule has 1 aromatic carbocycles. The normalized spacial score (nSPS) is 23.6. The van der Waals surface area contributed by atoms with Crippen molar-refractivity contribution in [3.05, 3.63) is 29.8 Å². The summed E-state index contributed by atoms with van der Waals surface area (Å²) in [6.07, 6.45) is 4.31. The van der Waals surface area contributed by atoms with Crippen molar-refractivity contribution in [2.75, 3.05) is 13.2 Å². The largest absolute Gasteiger partial charge is 0.381 e. The highest BCUT2D eigenvalue weighted by molar-refractivity contribution is 8.01. The van der Waals surface area contributed by atoms with Crippen LogP contribution in [0.5, 0.6) is 0 Å². The number of benzene rings is 1. The van der Waals surface area contributed by atoms with Crippen LogP contribution < -0.4 is 0 Å². The summed E-state index contributed by atoms with van der Waals surface area (Å²) in [7, 11) is 0. The van der Waals surface area contributed by atoms with E-state index in [2.05, 4.69) is 37.3 Å². The van der Waals surface area contributed by atoms with Crippen LogP contribution in [0, 0.1) is 23.7 Å². The van der Waals surface area contributed by atoms with E-state index in [9.17, 15) is 5.26 Å². The Morgan fingerprint density at radius 2 is 1.89 bits per heavy atom. The fourth-order valence-corrected chi connectivity index (χ4v) is 4.97. The highest BCUT2D eigenvalue weighted by Gasteiger charge is 2.55. The second-order valence-corrected chi connectivity index (χ2v) is 7.37. The highest BCUT2D eigenvalue weighted by atomic mass is 32.2. The van der Waals surface area contributed by atoms with E-state index in [4.69, 9.17) is 4.74 Å². The summed E-state index contributed by atoms with van der Waals surface area (Å²) in [5, 5.41) is 9.60. The molecule has 1 spiro atoms. The number of hydrogen-bond acceptors (Lipinski definition) is 3. The van der Waals surface area contributed by atoms with Crippen LogP contribution >= 0.6 is 11.8 Å². The van der Waals surface area contributed by atoms with Crippen LogP contribution in [0.1, 0.15) is 31.2 Å². The molecule has 0 radical (unpaired) electrons. The molecule has 3 rings (SSSR count). The van der Waals surface area contributed by atoms with Crippen LogP contribution in [0.2, 0.25) is 0 Å². The molecule has 1 saturated heterocycles. The molecule has 3 heteroatoms. The van der Waals surface area contributed by atoms with Crippen LogP contribution in [-0.4, -0.2) is 18.0 Å². The van der Waals surface area contributed by atoms with Gasteiger partial charge in [-0.2, -0.15) is 5.26 Å². The molecule has 0 aromatic heterocycles. The summed E-state index contributed by atoms with van der Waals surface area (Å²) in [6, 6.07) is 11.0. The van der Waals surface area contributed by atoms with Crippen LogP contribution in [0.15, 0.2) is 29.2 Å². The zero-order valence-corrected chi connectivity index (χ0v) is 12.1. The molecule has 0 amide bonds. The van der Waals surface area contributed by atoms with Gasteiger partial charge in [0, 0.05) is 18.1 Å². The van der Waals surface area contributed by atoms with Crippen molar-refractivity contribution < 1.29 is 4.74 Å². The molecule has 2 fully saturated rings. The Labute approximate surface area is 119 Å². The fraction of sp³-hybridized carbons (Fsp3) is 0.562. The molecule has 0 unspecified atom stereocenters. The molecule has 1 aromatic rings. The first-order valence-electron chi connectivity index (χ1n) is 6.91. The SMILES string of the molecule is Cc1ccccc1SC1(C#N)CC2(CCOCC2)C1. The first-order valence-corrected chi connectivity index (χ1v) is 7.72. The van der Waals surface area contributed by atoms with E-state index < -0.39 is 0 Å². The molecule has 100 valence electrons. The van der Waals surface area contributed by atoms with Gasteiger partial charge in [-0.05, 0) is 49.7 Å². The smallest absolute Gasteiger partial charge is 0.108 e. The van der Waals surface area contributed by atoms with E-state index in [1.807, 2.05) is 0 Å². The third-order valence-electron chi connectivity index (χ3n) is 4.48. The fourth-order valence-electron chi connectivity index (χ4n) is 3.37. The molecule has 19 heavy (non-hydrogen) atoms. The van der Waals surface area contributed by atoms with E-state index in [0.29, 0.717) is 5.41 Å². The van der Waals surface area contributed by atoms with E-state index in [1.54, 1.807) is 11.8 Å². The maximum atomic E-state index is 9.60. The Balaban J connectivity index is 1.73. The van der Waals surface area contributed by atoms with Crippen molar-refractivity contribution in [3.63, 3.8) is 0 Å². The van der Waals surface area contributed by atoms with Crippen LogP contribution in [0.4, 0.5) is 0 Å². The van der Waals surface area contributed by atoms with Crippen molar-refractivity contribution in [1.29, 1.82) is 5.26 Å². The van der Waals surface area contributed by atoms with Crippen LogP contribution in [0.3, 0.4) is 0 Å². The maximum absolute atomic E-state index is 9.60. The van der Waals surface area contributed by atoms with E-state index in [0.717, 1.165) is 38.9 Å². The minimum atomic E-state index is -0.205. The Bertz CT molecular complexity index is 506. The minimum Gasteiger partial charge on any atom is -0.381 e. The number of hydrogen-bond donors (Lipinski definition) is 0. The lowest BCUT2D eigenvalue weighted by molar-refractivity contribution is -0.0364. The molecule has 0 N–H and O–H groups in total. The molecular formula is C16H19NOS. The van der Waals surface area contributed by atoms with Gasteiger partial charge in [-0.15, -0.1) is 11.8 Å². The van der Waals surface area contributed by atoms with Crippen molar-refractivity contribution in [1.82, 2.24) is 0 Å². The molecule has 1 heterocycles. The number of nitriles is 1. The monoisotopic (exact) mass is 273 g/mol. The quantitative estimate of drug-likeness (QED) is 0.818. The van der Waals surface area contributed by atoms with Crippen LogP contribution in [0.25, 0.3) is 0 Å². The van der Waals surface area contributed by atoms with Gasteiger partial charge in [-0.1, -0.05) is 18.2 Å². The van der Waals surface area contributed by atoms with Gasteiger partial charge < -0.3 is 4.74 Å². The molecule has 2 aliphatic rings. The van der Waals surface area contributed by atoms with E-state index in [-0.39, 0.29) is 4.75 Å². The van der Waals surface area contributed by atoms with Gasteiger partial charge >= 0.3 is 0 Å². The van der Waals surface area contributed by atoms with Gasteiger partial charge in [-0.3, -0.25) is 0 Å². The molecular weight excluding hydrogens is 254 g/mol. The van der Waals surface area contributed by atoms with E-state index in [1.165, 1.54) is 10.5 Å². The summed E-state index contributed by atoms with van der Waals surface area (Å²) < 4.78 is 5.25. The van der Waals surface area contributed by atoms with Gasteiger partial charge in [0.25, 0.3) is 0 Å². The molecule has 0 bridgehead atoms. The number of rotatable bonds is 2. The Kier molecular flexibility index (Phi) is 3.32. The number of ether oxygens (including phenoxy) is 1. The van der Waals surface area contributed by atoms with Gasteiger partial charge in [0.1, 0.15) is 4.75 Å². The standard InChI is InChI=1S/C16H19NOS/c1-13-4-2-3-5-14(13)19-16(12-17)10-15(11-16)6-8-18-9-7-15/h2-5H,6-11H2,1H3. The summed E-state index contributed by atoms with van der Waals surface area (Å²) >= 11 is 1.77. The number of nitrogens with zero attached hydrogens (tertiary/aromatic N) is 1. The first-order chi connectivity index (χ1) is 9.17. The lowest BCUT2D eigenvalue weighted by Crippen LogP contribution is -2.51. The van der Waals surface area contributed by atoms with Crippen molar-refractivity contribution in [3.8, 4) is 6.07 Å². The summed E-state index contributed by atoms with van der Waals surface area (Å²) in [5.74, 6) is 0. The second kappa shape index (κ2) is 4.85. The van der Waals surface area contributed by atoms with Gasteiger partial charge in [-0.25, -0.2) is 0 Å². The maximum Gasteiger partial charge on any atom is 0.108 e. The Hall–Kier alpha value is -0.980. The Morgan fingerprint density at radius 1 is 1.21 bits per heavy atom. The third kappa shape index (κ3) is 2.40. The third-order valence-corrected chi connectivity index (χ3v) is 5.93.